The fourth-order valence-electron chi connectivity index (χ4n) is 4.74. The molecule has 5 nitrogen and oxygen atoms in total. The van der Waals surface area contributed by atoms with Gasteiger partial charge < -0.3 is 14.2 Å². The van der Waals surface area contributed by atoms with Crippen LogP contribution in [0.4, 0.5) is 4.39 Å². The van der Waals surface area contributed by atoms with Gasteiger partial charge in [0.25, 0.3) is 0 Å². The van der Waals surface area contributed by atoms with Crippen LogP contribution in [0.3, 0.4) is 0 Å². The minimum atomic E-state index is -0.319. The van der Waals surface area contributed by atoms with Crippen molar-refractivity contribution >= 4 is 22.8 Å². The molecule has 0 N–H and O–H groups in total. The first-order valence-electron chi connectivity index (χ1n) is 11.2. The number of halogens is 1. The van der Waals surface area contributed by atoms with Gasteiger partial charge in [0.15, 0.2) is 0 Å². The molecular weight excluding hydrogens is 407 g/mol. The first-order chi connectivity index (χ1) is 15.5. The molecule has 2 heterocycles. The molecule has 0 bridgehead atoms. The molecule has 3 aromatic rings. The molecule has 1 amide bonds. The van der Waals surface area contributed by atoms with E-state index >= 15 is 0 Å². The molecule has 6 heteroatoms. The second-order valence-corrected chi connectivity index (χ2v) is 8.46. The number of benzene rings is 2. The lowest BCUT2D eigenvalue weighted by Gasteiger charge is -2.32. The SMILES string of the molecule is CCOC(=O)[C@H]1CCCN(C(=O)C[C@@H](c2cccc(F)c2)c2cn(C)c3ccccc23)C1. The van der Waals surface area contributed by atoms with Crippen LogP contribution in [0.25, 0.3) is 10.9 Å². The van der Waals surface area contributed by atoms with Crippen molar-refractivity contribution in [3.05, 3.63) is 71.7 Å². The predicted molar refractivity (Wildman–Crippen MR) is 122 cm³/mol. The number of para-hydroxylation sites is 1. The van der Waals surface area contributed by atoms with E-state index in [1.807, 2.05) is 48.1 Å². The summed E-state index contributed by atoms with van der Waals surface area (Å²) in [5.74, 6) is -1.15. The van der Waals surface area contributed by atoms with Gasteiger partial charge in [-0.25, -0.2) is 4.39 Å². The van der Waals surface area contributed by atoms with Gasteiger partial charge in [-0.1, -0.05) is 30.3 Å². The monoisotopic (exact) mass is 436 g/mol. The van der Waals surface area contributed by atoms with Gasteiger partial charge >= 0.3 is 5.97 Å². The summed E-state index contributed by atoms with van der Waals surface area (Å²) in [5.41, 5.74) is 2.84. The number of hydrogen-bond acceptors (Lipinski definition) is 3. The summed E-state index contributed by atoms with van der Waals surface area (Å²) >= 11 is 0. The van der Waals surface area contributed by atoms with E-state index in [0.717, 1.165) is 34.9 Å². The van der Waals surface area contributed by atoms with Crippen LogP contribution in [0.1, 0.15) is 43.2 Å². The number of piperidine rings is 1. The number of ether oxygens (including phenoxy) is 1. The van der Waals surface area contributed by atoms with E-state index in [-0.39, 0.29) is 36.0 Å². The first-order valence-corrected chi connectivity index (χ1v) is 11.2. The zero-order valence-corrected chi connectivity index (χ0v) is 18.6. The van der Waals surface area contributed by atoms with Crippen LogP contribution in [-0.2, 0) is 21.4 Å². The third kappa shape index (κ3) is 4.54. The van der Waals surface area contributed by atoms with Gasteiger partial charge in [-0.05, 0) is 49.1 Å². The summed E-state index contributed by atoms with van der Waals surface area (Å²) in [7, 11) is 1.98. The number of hydrogen-bond donors (Lipinski definition) is 0. The van der Waals surface area contributed by atoms with Crippen LogP contribution in [0, 0.1) is 11.7 Å². The van der Waals surface area contributed by atoms with Crippen molar-refractivity contribution in [2.45, 2.75) is 32.1 Å². The van der Waals surface area contributed by atoms with Crippen LogP contribution < -0.4 is 0 Å². The highest BCUT2D eigenvalue weighted by Crippen LogP contribution is 2.35. The van der Waals surface area contributed by atoms with Crippen molar-refractivity contribution in [1.82, 2.24) is 9.47 Å². The van der Waals surface area contributed by atoms with Gasteiger partial charge in [0.05, 0.1) is 12.5 Å². The van der Waals surface area contributed by atoms with E-state index in [9.17, 15) is 14.0 Å². The fraction of sp³-hybridized carbons (Fsp3) is 0.385. The maximum atomic E-state index is 14.1. The normalized spacial score (nSPS) is 17.3. The number of carbonyl (C=O) groups is 2. The molecule has 4 rings (SSSR count). The maximum Gasteiger partial charge on any atom is 0.310 e. The van der Waals surface area contributed by atoms with E-state index in [1.165, 1.54) is 12.1 Å². The van der Waals surface area contributed by atoms with Gasteiger partial charge in [0.2, 0.25) is 5.91 Å². The van der Waals surface area contributed by atoms with Crippen LogP contribution in [0.5, 0.6) is 0 Å². The van der Waals surface area contributed by atoms with Gasteiger partial charge in [-0.15, -0.1) is 0 Å². The van der Waals surface area contributed by atoms with E-state index in [2.05, 4.69) is 0 Å². The van der Waals surface area contributed by atoms with Gasteiger partial charge in [-0.3, -0.25) is 9.59 Å². The molecule has 1 aliphatic heterocycles. The number of aryl methyl sites for hydroxylation is 1. The average Bonchev–Trinajstić information content (AvgIpc) is 3.14. The summed E-state index contributed by atoms with van der Waals surface area (Å²) in [6, 6.07) is 14.5. The summed E-state index contributed by atoms with van der Waals surface area (Å²) in [4.78, 5) is 27.4. The molecule has 32 heavy (non-hydrogen) atoms. The molecule has 2 atom stereocenters. The molecule has 0 aliphatic carbocycles. The molecule has 1 saturated heterocycles. The largest absolute Gasteiger partial charge is 0.466 e. The molecule has 0 spiro atoms. The number of amides is 1. The Hall–Kier alpha value is -3.15. The van der Waals surface area contributed by atoms with Gasteiger partial charge in [0.1, 0.15) is 5.82 Å². The lowest BCUT2D eigenvalue weighted by atomic mass is 9.87. The van der Waals surface area contributed by atoms with Crippen molar-refractivity contribution < 1.29 is 18.7 Å². The number of likely N-dealkylation sites (tertiary alicyclic amines) is 1. The van der Waals surface area contributed by atoms with Crippen molar-refractivity contribution in [2.75, 3.05) is 19.7 Å². The van der Waals surface area contributed by atoms with Crippen molar-refractivity contribution in [3.8, 4) is 0 Å². The highest BCUT2D eigenvalue weighted by Gasteiger charge is 2.31. The second kappa shape index (κ2) is 9.55. The standard InChI is InChI=1S/C26H29FN2O3/c1-3-32-26(31)19-9-7-13-29(16-19)25(30)15-22(18-8-6-10-20(27)14-18)23-17-28(2)24-12-5-4-11-21(23)24/h4-6,8,10-12,14,17,19,22H,3,7,9,13,15-16H2,1-2H3/t19-,22-/m0/s1. The second-order valence-electron chi connectivity index (χ2n) is 8.46. The van der Waals surface area contributed by atoms with E-state index in [1.54, 1.807) is 17.9 Å². The number of aromatic nitrogens is 1. The number of fused-ring (bicyclic) bond motifs is 1. The van der Waals surface area contributed by atoms with Crippen molar-refractivity contribution in [2.24, 2.45) is 13.0 Å². The molecule has 1 aliphatic rings. The van der Waals surface area contributed by atoms with Crippen LogP contribution in [-0.4, -0.2) is 41.0 Å². The summed E-state index contributed by atoms with van der Waals surface area (Å²) in [6.07, 6.45) is 3.76. The lowest BCUT2D eigenvalue weighted by molar-refractivity contribution is -0.151. The molecule has 1 fully saturated rings. The minimum Gasteiger partial charge on any atom is -0.466 e. The topological polar surface area (TPSA) is 51.5 Å². The molecule has 0 saturated carbocycles. The Morgan fingerprint density at radius 2 is 2.00 bits per heavy atom. The summed E-state index contributed by atoms with van der Waals surface area (Å²) in [5, 5.41) is 1.06. The Balaban J connectivity index is 1.64. The summed E-state index contributed by atoms with van der Waals surface area (Å²) < 4.78 is 21.3. The maximum absolute atomic E-state index is 14.1. The molecular formula is C26H29FN2O3. The highest BCUT2D eigenvalue weighted by molar-refractivity contribution is 5.87. The van der Waals surface area contributed by atoms with Crippen molar-refractivity contribution in [1.29, 1.82) is 0 Å². The number of carbonyl (C=O) groups excluding carboxylic acids is 2. The van der Waals surface area contributed by atoms with Gasteiger partial charge in [-0.2, -0.15) is 0 Å². The number of nitrogens with zero attached hydrogens (tertiary/aromatic N) is 2. The predicted octanol–water partition coefficient (Wildman–Crippen LogP) is 4.64. The zero-order chi connectivity index (χ0) is 22.7. The summed E-state index contributed by atoms with van der Waals surface area (Å²) in [6.45, 7) is 3.13. The van der Waals surface area contributed by atoms with Crippen molar-refractivity contribution in [3.63, 3.8) is 0 Å². The van der Waals surface area contributed by atoms with Crippen LogP contribution in [0.2, 0.25) is 0 Å². The smallest absolute Gasteiger partial charge is 0.310 e. The molecule has 2 aromatic carbocycles. The third-order valence-electron chi connectivity index (χ3n) is 6.33. The van der Waals surface area contributed by atoms with E-state index in [4.69, 9.17) is 4.74 Å². The molecule has 168 valence electrons. The Labute approximate surface area is 187 Å². The zero-order valence-electron chi connectivity index (χ0n) is 18.6. The Morgan fingerprint density at radius 1 is 1.19 bits per heavy atom. The Bertz CT molecular complexity index is 1120. The number of esters is 1. The van der Waals surface area contributed by atoms with Gasteiger partial charge in [0, 0.05) is 49.6 Å². The van der Waals surface area contributed by atoms with Crippen LogP contribution >= 0.6 is 0 Å². The Morgan fingerprint density at radius 3 is 2.78 bits per heavy atom. The Kier molecular flexibility index (Phi) is 6.58. The fourth-order valence-corrected chi connectivity index (χ4v) is 4.74. The first kappa shape index (κ1) is 22.1. The molecule has 0 unspecified atom stereocenters. The number of rotatable bonds is 6. The van der Waals surface area contributed by atoms with E-state index in [0.29, 0.717) is 19.7 Å². The molecule has 0 radical (unpaired) electrons. The lowest BCUT2D eigenvalue weighted by Crippen LogP contribution is -2.43. The third-order valence-corrected chi connectivity index (χ3v) is 6.33. The van der Waals surface area contributed by atoms with Crippen LogP contribution in [0.15, 0.2) is 54.7 Å². The highest BCUT2D eigenvalue weighted by atomic mass is 19.1. The average molecular weight is 437 g/mol. The quantitative estimate of drug-likeness (QED) is 0.529. The van der Waals surface area contributed by atoms with E-state index < -0.39 is 0 Å². The molecule has 1 aromatic heterocycles. The minimum absolute atomic E-state index is 0.0267.